The molecule has 1 rings (SSSR count). The second kappa shape index (κ2) is 15.1. The fraction of sp³-hybridized carbons (Fsp3) is 0.810. The number of hydrogen-bond acceptors (Lipinski definition) is 5. The van der Waals surface area contributed by atoms with Crippen LogP contribution in [0, 0.1) is 10.1 Å². The molecule has 0 amide bonds. The Morgan fingerprint density at radius 1 is 1.04 bits per heavy atom. The van der Waals surface area contributed by atoms with Crippen LogP contribution in [-0.2, 0) is 9.53 Å². The van der Waals surface area contributed by atoms with Gasteiger partial charge in [-0.2, -0.15) is 0 Å². The molecule has 1 unspecified atom stereocenters. The van der Waals surface area contributed by atoms with Crippen LogP contribution in [0.2, 0.25) is 0 Å². The Kier molecular flexibility index (Phi) is 13.0. The van der Waals surface area contributed by atoms with Crippen LogP contribution in [0.15, 0.2) is 12.5 Å². The molecule has 1 atom stereocenters. The average molecular weight is 396 g/mol. The molecule has 0 aliphatic rings. The number of nitro groups is 1. The van der Waals surface area contributed by atoms with E-state index in [0.29, 0.717) is 6.42 Å². The molecule has 0 aliphatic carbocycles. The third kappa shape index (κ3) is 11.0. The highest BCUT2D eigenvalue weighted by molar-refractivity contribution is 5.69. The lowest BCUT2D eigenvalue weighted by molar-refractivity contribution is -0.389. The molecule has 0 aromatic carbocycles. The topological polar surface area (TPSA) is 87.3 Å². The Balaban J connectivity index is 1.95. The van der Waals surface area contributed by atoms with Gasteiger partial charge in [0.15, 0.2) is 6.23 Å². The van der Waals surface area contributed by atoms with Crippen molar-refractivity contribution in [1.82, 2.24) is 9.55 Å². The lowest BCUT2D eigenvalue weighted by Crippen LogP contribution is -2.13. The Morgan fingerprint density at radius 3 is 2.00 bits per heavy atom. The molecule has 0 spiro atoms. The van der Waals surface area contributed by atoms with Crippen molar-refractivity contribution in [3.63, 3.8) is 0 Å². The molecule has 7 nitrogen and oxygen atoms in total. The molecule has 1 aromatic heterocycles. The van der Waals surface area contributed by atoms with E-state index < -0.39 is 11.2 Å². The summed E-state index contributed by atoms with van der Waals surface area (Å²) in [6.07, 6.45) is 18.8. The van der Waals surface area contributed by atoms with Crippen molar-refractivity contribution in [2.45, 2.75) is 110 Å². The minimum atomic E-state index is -0.587. The summed E-state index contributed by atoms with van der Waals surface area (Å²) in [6.45, 7) is 3.92. The van der Waals surface area contributed by atoms with Crippen molar-refractivity contribution in [2.24, 2.45) is 0 Å². The number of esters is 1. The highest BCUT2D eigenvalue weighted by Gasteiger charge is 2.16. The van der Waals surface area contributed by atoms with Crippen LogP contribution in [0.1, 0.15) is 110 Å². The Hall–Kier alpha value is -1.92. The number of ether oxygens (including phenoxy) is 1. The van der Waals surface area contributed by atoms with Gasteiger partial charge in [-0.25, -0.2) is 0 Å². The van der Waals surface area contributed by atoms with Crippen molar-refractivity contribution >= 4 is 11.8 Å². The van der Waals surface area contributed by atoms with Gasteiger partial charge in [-0.05, 0) is 23.3 Å². The standard InChI is InChI=1S/C21H37N3O4/c1-3-4-5-6-7-8-9-10-11-12-13-14-15-16-21(25)28-19(2)23-17-20(22-18-23)24(26)27/h17-19H,3-16H2,1-2H3. The summed E-state index contributed by atoms with van der Waals surface area (Å²) in [5, 5.41) is 10.6. The molecule has 0 aliphatic heterocycles. The van der Waals surface area contributed by atoms with Crippen LogP contribution in [0.3, 0.4) is 0 Å². The fourth-order valence-electron chi connectivity index (χ4n) is 3.22. The minimum Gasteiger partial charge on any atom is -0.441 e. The normalized spacial score (nSPS) is 12.1. The Labute approximate surface area is 169 Å². The zero-order valence-electron chi connectivity index (χ0n) is 17.6. The van der Waals surface area contributed by atoms with E-state index in [-0.39, 0.29) is 11.8 Å². The predicted molar refractivity (Wildman–Crippen MR) is 110 cm³/mol. The molecule has 0 saturated carbocycles. The van der Waals surface area contributed by atoms with Crippen LogP contribution in [0.25, 0.3) is 0 Å². The molecule has 160 valence electrons. The maximum atomic E-state index is 11.9. The predicted octanol–water partition coefficient (Wildman–Crippen LogP) is 6.33. The van der Waals surface area contributed by atoms with Crippen molar-refractivity contribution in [3.05, 3.63) is 22.6 Å². The summed E-state index contributed by atoms with van der Waals surface area (Å²) in [5.41, 5.74) is 0. The van der Waals surface area contributed by atoms with E-state index in [1.54, 1.807) is 6.92 Å². The molecule has 0 bridgehead atoms. The molecule has 7 heteroatoms. The number of rotatable bonds is 17. The van der Waals surface area contributed by atoms with Gasteiger partial charge in [0.05, 0.1) is 0 Å². The van der Waals surface area contributed by atoms with Crippen LogP contribution in [0.4, 0.5) is 5.82 Å². The van der Waals surface area contributed by atoms with E-state index in [1.807, 2.05) is 0 Å². The van der Waals surface area contributed by atoms with E-state index in [2.05, 4.69) is 11.9 Å². The van der Waals surface area contributed by atoms with Gasteiger partial charge in [0, 0.05) is 6.42 Å². The summed E-state index contributed by atoms with van der Waals surface area (Å²) in [7, 11) is 0. The first-order valence-corrected chi connectivity index (χ1v) is 10.9. The van der Waals surface area contributed by atoms with Gasteiger partial charge in [0.2, 0.25) is 6.33 Å². The molecule has 0 saturated heterocycles. The molecular weight excluding hydrogens is 358 g/mol. The second-order valence-electron chi connectivity index (χ2n) is 7.52. The number of carbonyl (C=O) groups is 1. The van der Waals surface area contributed by atoms with Crippen molar-refractivity contribution in [1.29, 1.82) is 0 Å². The van der Waals surface area contributed by atoms with E-state index in [1.165, 1.54) is 81.3 Å². The summed E-state index contributed by atoms with van der Waals surface area (Å²) in [5.74, 6) is -0.522. The van der Waals surface area contributed by atoms with E-state index >= 15 is 0 Å². The zero-order valence-corrected chi connectivity index (χ0v) is 17.6. The number of unbranched alkanes of at least 4 members (excludes halogenated alkanes) is 12. The largest absolute Gasteiger partial charge is 0.441 e. The van der Waals surface area contributed by atoms with Crippen LogP contribution >= 0.6 is 0 Å². The van der Waals surface area contributed by atoms with Crippen molar-refractivity contribution in [3.8, 4) is 0 Å². The lowest BCUT2D eigenvalue weighted by atomic mass is 10.0. The first-order valence-electron chi connectivity index (χ1n) is 10.9. The van der Waals surface area contributed by atoms with Gasteiger partial charge >= 0.3 is 11.8 Å². The molecule has 0 fully saturated rings. The Bertz CT molecular complexity index is 560. The first kappa shape index (κ1) is 24.1. The maximum absolute atomic E-state index is 11.9. The van der Waals surface area contributed by atoms with Crippen LogP contribution in [-0.4, -0.2) is 20.4 Å². The van der Waals surface area contributed by atoms with Crippen molar-refractivity contribution < 1.29 is 14.5 Å². The third-order valence-corrected chi connectivity index (χ3v) is 4.98. The number of imidazole rings is 1. The minimum absolute atomic E-state index is 0.251. The molecule has 0 N–H and O–H groups in total. The SMILES string of the molecule is CCCCCCCCCCCCCCCC(=O)OC(C)n1cnc([N+](=O)[O-])c1. The van der Waals surface area contributed by atoms with Gasteiger partial charge in [-0.1, -0.05) is 84.0 Å². The smallest absolute Gasteiger partial charge is 0.381 e. The van der Waals surface area contributed by atoms with Crippen molar-refractivity contribution in [2.75, 3.05) is 0 Å². The monoisotopic (exact) mass is 395 g/mol. The molecule has 0 radical (unpaired) electrons. The van der Waals surface area contributed by atoms with Gasteiger partial charge in [0.25, 0.3) is 0 Å². The molecule has 1 aromatic rings. The van der Waals surface area contributed by atoms with Crippen LogP contribution in [0.5, 0.6) is 0 Å². The quantitative estimate of drug-likeness (QED) is 0.133. The fourth-order valence-corrected chi connectivity index (χ4v) is 3.22. The molecule has 1 heterocycles. The zero-order chi connectivity index (χ0) is 20.6. The van der Waals surface area contributed by atoms with Gasteiger partial charge in [-0.3, -0.25) is 9.36 Å². The molecular formula is C21H37N3O4. The average Bonchev–Trinajstić information content (AvgIpc) is 3.16. The van der Waals surface area contributed by atoms with Gasteiger partial charge in [0.1, 0.15) is 6.20 Å². The van der Waals surface area contributed by atoms with Gasteiger partial charge < -0.3 is 14.9 Å². The summed E-state index contributed by atoms with van der Waals surface area (Å²) in [4.78, 5) is 25.6. The summed E-state index contributed by atoms with van der Waals surface area (Å²) >= 11 is 0. The summed E-state index contributed by atoms with van der Waals surface area (Å²) < 4.78 is 6.73. The van der Waals surface area contributed by atoms with E-state index in [4.69, 9.17) is 4.74 Å². The number of hydrogen-bond donors (Lipinski definition) is 0. The summed E-state index contributed by atoms with van der Waals surface area (Å²) in [6, 6.07) is 0. The third-order valence-electron chi connectivity index (χ3n) is 4.98. The second-order valence-corrected chi connectivity index (χ2v) is 7.52. The lowest BCUT2D eigenvalue weighted by Gasteiger charge is -2.13. The van der Waals surface area contributed by atoms with E-state index in [0.717, 1.165) is 19.3 Å². The highest BCUT2D eigenvalue weighted by atomic mass is 16.6. The first-order chi connectivity index (χ1) is 13.5. The van der Waals surface area contributed by atoms with E-state index in [9.17, 15) is 14.9 Å². The molecule has 28 heavy (non-hydrogen) atoms. The maximum Gasteiger partial charge on any atom is 0.381 e. The number of carbonyl (C=O) groups excluding carboxylic acids is 1. The van der Waals surface area contributed by atoms with Crippen LogP contribution < -0.4 is 0 Å². The number of aromatic nitrogens is 2. The van der Waals surface area contributed by atoms with Gasteiger partial charge in [-0.15, -0.1) is 0 Å². The highest BCUT2D eigenvalue weighted by Crippen LogP contribution is 2.16. The number of nitrogens with zero attached hydrogens (tertiary/aromatic N) is 3. The Morgan fingerprint density at radius 2 is 1.54 bits per heavy atom.